The van der Waals surface area contributed by atoms with Gasteiger partial charge >= 0.3 is 5.97 Å². The summed E-state index contributed by atoms with van der Waals surface area (Å²) < 4.78 is 29.1. The Labute approximate surface area is 95.3 Å². The Hall–Kier alpha value is -2.23. The summed E-state index contributed by atoms with van der Waals surface area (Å²) in [7, 11) is 1.15. The van der Waals surface area contributed by atoms with Gasteiger partial charge in [-0.2, -0.15) is 5.26 Å². The van der Waals surface area contributed by atoms with Crippen LogP contribution < -0.4 is 0 Å². The number of halogens is 2. The predicted octanol–water partition coefficient (Wildman–Crippen LogP) is 1.31. The molecule has 0 saturated heterocycles. The monoisotopic (exact) mass is 242 g/mol. The van der Waals surface area contributed by atoms with E-state index in [9.17, 15) is 18.7 Å². The van der Waals surface area contributed by atoms with Crippen LogP contribution in [0.1, 0.15) is 23.2 Å². The summed E-state index contributed by atoms with van der Waals surface area (Å²) in [5, 5.41) is 18.2. The normalized spacial score (nSPS) is 10.1. The molecular weight excluding hydrogens is 234 g/mol. The lowest BCUT2D eigenvalue weighted by Gasteiger charge is -2.08. The van der Waals surface area contributed by atoms with Gasteiger partial charge in [0.25, 0.3) is 6.43 Å². The summed E-state index contributed by atoms with van der Waals surface area (Å²) in [4.78, 5) is 14.3. The van der Waals surface area contributed by atoms with Gasteiger partial charge in [-0.3, -0.25) is 9.78 Å². The van der Waals surface area contributed by atoms with Crippen molar-refractivity contribution in [3.8, 4) is 11.8 Å². The van der Waals surface area contributed by atoms with Gasteiger partial charge < -0.3 is 9.84 Å². The molecule has 90 valence electrons. The molecule has 0 spiro atoms. The first-order valence-corrected chi connectivity index (χ1v) is 4.47. The maximum absolute atomic E-state index is 12.4. The predicted molar refractivity (Wildman–Crippen MR) is 51.3 cm³/mol. The van der Waals surface area contributed by atoms with Crippen molar-refractivity contribution in [2.45, 2.75) is 12.8 Å². The number of aromatic hydroxyl groups is 1. The minimum Gasteiger partial charge on any atom is -0.505 e. The van der Waals surface area contributed by atoms with Crippen LogP contribution in [0.3, 0.4) is 0 Å². The first kappa shape index (κ1) is 12.8. The van der Waals surface area contributed by atoms with Crippen LogP contribution in [0.15, 0.2) is 6.20 Å². The van der Waals surface area contributed by atoms with Crippen LogP contribution in [0.4, 0.5) is 8.78 Å². The Balaban J connectivity index is 3.22. The highest BCUT2D eigenvalue weighted by molar-refractivity contribution is 5.74. The zero-order valence-corrected chi connectivity index (χ0v) is 8.78. The van der Waals surface area contributed by atoms with E-state index in [-0.39, 0.29) is 17.5 Å². The van der Waals surface area contributed by atoms with E-state index in [0.717, 1.165) is 13.3 Å². The highest BCUT2D eigenvalue weighted by atomic mass is 19.3. The Morgan fingerprint density at radius 2 is 2.35 bits per heavy atom. The molecule has 0 unspecified atom stereocenters. The van der Waals surface area contributed by atoms with Crippen molar-refractivity contribution in [3.05, 3.63) is 23.0 Å². The number of nitriles is 1. The van der Waals surface area contributed by atoms with Crippen molar-refractivity contribution in [2.75, 3.05) is 7.11 Å². The lowest BCUT2D eigenvalue weighted by atomic mass is 10.1. The number of methoxy groups -OCH3 is 1. The number of carbonyl (C=O) groups is 1. The molecule has 5 nitrogen and oxygen atoms in total. The van der Waals surface area contributed by atoms with Gasteiger partial charge in [-0.15, -0.1) is 0 Å². The van der Waals surface area contributed by atoms with Gasteiger partial charge in [0.15, 0.2) is 5.75 Å². The van der Waals surface area contributed by atoms with Gasteiger partial charge in [0.1, 0.15) is 17.3 Å². The number of hydrogen-bond donors (Lipinski definition) is 1. The van der Waals surface area contributed by atoms with Crippen LogP contribution in [0.25, 0.3) is 0 Å². The van der Waals surface area contributed by atoms with E-state index in [2.05, 4.69) is 9.72 Å². The molecule has 1 aromatic rings. The molecule has 1 aromatic heterocycles. The molecule has 0 aliphatic rings. The molecule has 0 aliphatic heterocycles. The fraction of sp³-hybridized carbons (Fsp3) is 0.300. The van der Waals surface area contributed by atoms with E-state index in [1.807, 2.05) is 0 Å². The second-order valence-corrected chi connectivity index (χ2v) is 3.06. The van der Waals surface area contributed by atoms with E-state index >= 15 is 0 Å². The Kier molecular flexibility index (Phi) is 3.93. The Morgan fingerprint density at radius 3 is 2.82 bits per heavy atom. The summed E-state index contributed by atoms with van der Waals surface area (Å²) in [6.07, 6.45) is -2.35. The molecule has 0 aliphatic carbocycles. The number of aromatic nitrogens is 1. The minimum atomic E-state index is -2.99. The minimum absolute atomic E-state index is 0.0428. The number of alkyl halides is 2. The Morgan fingerprint density at radius 1 is 1.71 bits per heavy atom. The maximum atomic E-state index is 12.4. The summed E-state index contributed by atoms with van der Waals surface area (Å²) in [6, 6.07) is 1.56. The zero-order valence-electron chi connectivity index (χ0n) is 8.78. The van der Waals surface area contributed by atoms with E-state index < -0.39 is 23.8 Å². The fourth-order valence-corrected chi connectivity index (χ4v) is 1.20. The van der Waals surface area contributed by atoms with Crippen molar-refractivity contribution in [1.29, 1.82) is 5.26 Å². The van der Waals surface area contributed by atoms with Crippen molar-refractivity contribution in [2.24, 2.45) is 0 Å². The van der Waals surface area contributed by atoms with Crippen LogP contribution in [0.2, 0.25) is 0 Å². The van der Waals surface area contributed by atoms with Gasteiger partial charge in [-0.1, -0.05) is 0 Å². The van der Waals surface area contributed by atoms with E-state index in [4.69, 9.17) is 5.26 Å². The van der Waals surface area contributed by atoms with Crippen LogP contribution >= 0.6 is 0 Å². The van der Waals surface area contributed by atoms with Crippen LogP contribution in [-0.2, 0) is 16.0 Å². The smallest absolute Gasteiger partial charge is 0.310 e. The topological polar surface area (TPSA) is 83.2 Å². The largest absolute Gasteiger partial charge is 0.505 e. The average Bonchev–Trinajstić information content (AvgIpc) is 2.28. The number of nitrogens with zero attached hydrogens (tertiary/aromatic N) is 2. The molecule has 0 bridgehead atoms. The number of ether oxygens (including phenoxy) is 1. The summed E-state index contributed by atoms with van der Waals surface area (Å²) in [6.45, 7) is 0. The maximum Gasteiger partial charge on any atom is 0.310 e. The van der Waals surface area contributed by atoms with E-state index in [1.54, 1.807) is 6.07 Å². The molecular formula is C10H8F2N2O3. The number of hydrogen-bond acceptors (Lipinski definition) is 5. The molecule has 0 aromatic carbocycles. The molecule has 1 rings (SSSR count). The van der Waals surface area contributed by atoms with Crippen LogP contribution in [0, 0.1) is 11.3 Å². The van der Waals surface area contributed by atoms with Crippen LogP contribution in [0.5, 0.6) is 5.75 Å². The highest BCUT2D eigenvalue weighted by Crippen LogP contribution is 2.30. The molecule has 1 heterocycles. The van der Waals surface area contributed by atoms with Gasteiger partial charge in [-0.25, -0.2) is 8.78 Å². The molecule has 0 fully saturated rings. The first-order chi connectivity index (χ1) is 8.01. The quantitative estimate of drug-likeness (QED) is 0.808. The average molecular weight is 242 g/mol. The third-order valence-corrected chi connectivity index (χ3v) is 2.04. The van der Waals surface area contributed by atoms with Gasteiger partial charge in [-0.05, 0) is 0 Å². The van der Waals surface area contributed by atoms with Crippen molar-refractivity contribution in [3.63, 3.8) is 0 Å². The number of esters is 1. The molecule has 0 amide bonds. The van der Waals surface area contributed by atoms with Crippen molar-refractivity contribution >= 4 is 5.97 Å². The molecule has 0 radical (unpaired) electrons. The number of carbonyl (C=O) groups excluding carboxylic acids is 1. The third kappa shape index (κ3) is 2.66. The van der Waals surface area contributed by atoms with Crippen LogP contribution in [-0.4, -0.2) is 23.2 Å². The lowest BCUT2D eigenvalue weighted by Crippen LogP contribution is -2.08. The first-order valence-electron chi connectivity index (χ1n) is 4.47. The van der Waals surface area contributed by atoms with Gasteiger partial charge in [0, 0.05) is 11.8 Å². The molecule has 1 N–H and O–H groups in total. The zero-order chi connectivity index (χ0) is 13.0. The van der Waals surface area contributed by atoms with Crippen molar-refractivity contribution in [1.82, 2.24) is 4.98 Å². The second-order valence-electron chi connectivity index (χ2n) is 3.06. The molecule has 17 heavy (non-hydrogen) atoms. The molecule has 0 saturated carbocycles. The highest BCUT2D eigenvalue weighted by Gasteiger charge is 2.21. The van der Waals surface area contributed by atoms with E-state index in [1.165, 1.54) is 0 Å². The van der Waals surface area contributed by atoms with Gasteiger partial charge in [0.2, 0.25) is 0 Å². The van der Waals surface area contributed by atoms with Crippen molar-refractivity contribution < 1.29 is 23.4 Å². The Bertz CT molecular complexity index is 483. The summed E-state index contributed by atoms with van der Waals surface area (Å²) in [5.74, 6) is -1.56. The van der Waals surface area contributed by atoms with E-state index in [0.29, 0.717) is 0 Å². The second kappa shape index (κ2) is 5.21. The summed E-state index contributed by atoms with van der Waals surface area (Å²) in [5.41, 5.74) is -1.22. The van der Waals surface area contributed by atoms with Gasteiger partial charge in [0.05, 0.1) is 13.5 Å². The summed E-state index contributed by atoms with van der Waals surface area (Å²) >= 11 is 0. The fourth-order valence-electron chi connectivity index (χ4n) is 1.20. The number of pyridine rings is 1. The standard InChI is InChI=1S/C10H8F2N2O3/c1-17-7(15)2-5-4-14-8(10(11)12)9(16)6(5)3-13/h4,10,16H,2H2,1H3. The number of rotatable bonds is 3. The lowest BCUT2D eigenvalue weighted by molar-refractivity contribution is -0.139. The molecule has 0 atom stereocenters. The molecule has 7 heteroatoms. The SMILES string of the molecule is COC(=O)Cc1cnc(C(F)F)c(O)c1C#N. The third-order valence-electron chi connectivity index (χ3n) is 2.04.